The van der Waals surface area contributed by atoms with Crippen molar-refractivity contribution in [1.82, 2.24) is 20.2 Å². The highest BCUT2D eigenvalue weighted by atomic mass is 35.5. The lowest BCUT2D eigenvalue weighted by Crippen LogP contribution is -2.48. The van der Waals surface area contributed by atoms with Gasteiger partial charge in [0, 0.05) is 19.1 Å². The Morgan fingerprint density at radius 3 is 2.29 bits per heavy atom. The molecule has 2 atom stereocenters. The number of alkyl halides is 3. The van der Waals surface area contributed by atoms with E-state index in [1.54, 1.807) is 28.8 Å². The van der Waals surface area contributed by atoms with E-state index in [1.807, 2.05) is 30.3 Å². The third-order valence-electron chi connectivity index (χ3n) is 7.71. The fourth-order valence-electron chi connectivity index (χ4n) is 5.46. The van der Waals surface area contributed by atoms with Gasteiger partial charge in [-0.05, 0) is 48.6 Å². The van der Waals surface area contributed by atoms with Crippen molar-refractivity contribution in [3.63, 3.8) is 0 Å². The summed E-state index contributed by atoms with van der Waals surface area (Å²) >= 11 is 0. The molecular formula is C34H40ClF3N4O3. The number of amides is 1. The molecule has 0 unspecified atom stereocenters. The maximum atomic E-state index is 13.6. The Hall–Kier alpha value is -3.73. The molecule has 0 aliphatic heterocycles. The van der Waals surface area contributed by atoms with E-state index in [2.05, 4.69) is 29.5 Å². The largest absolute Gasteiger partial charge is 0.416 e. The molecule has 4 aromatic rings. The van der Waals surface area contributed by atoms with Gasteiger partial charge in [-0.3, -0.25) is 14.2 Å². The van der Waals surface area contributed by atoms with Gasteiger partial charge >= 0.3 is 6.18 Å². The smallest absolute Gasteiger partial charge is 0.390 e. The molecule has 1 aromatic heterocycles. The molecule has 1 heterocycles. The summed E-state index contributed by atoms with van der Waals surface area (Å²) in [6, 6.07) is 18.5. The molecule has 0 bridgehead atoms. The second kappa shape index (κ2) is 16.5. The molecule has 0 saturated heterocycles. The Morgan fingerprint density at radius 2 is 1.62 bits per heavy atom. The number of hydrogen-bond acceptors (Lipinski definition) is 5. The number of fused-ring (bicyclic) bond motifs is 1. The van der Waals surface area contributed by atoms with Crippen molar-refractivity contribution >= 4 is 29.2 Å². The van der Waals surface area contributed by atoms with Gasteiger partial charge in [0.1, 0.15) is 0 Å². The van der Waals surface area contributed by atoms with Crippen LogP contribution in [0.1, 0.15) is 72.6 Å². The third kappa shape index (κ3) is 9.39. The number of benzene rings is 3. The van der Waals surface area contributed by atoms with Crippen molar-refractivity contribution in [3.8, 4) is 0 Å². The standard InChI is InChI=1S/C34H39F3N4O3.ClH/c1-3-10-26(11-4-2)41-22-39-31-27(16-9-17-28(31)33(41)44)32(43)40-29(19-23-12-6-5-7-13-23)30(42)21-38-20-24-14-8-15-25(18-24)34(35,36)37;/h5-9,12-18,22,26,29-30,38,42H,3-4,10-11,19-21H2,1-2H3,(H,40,43);1H/t29-,30-;/m0./s1. The van der Waals surface area contributed by atoms with Crippen LogP contribution in [0.25, 0.3) is 10.9 Å². The molecule has 242 valence electrons. The predicted molar refractivity (Wildman–Crippen MR) is 173 cm³/mol. The molecule has 0 fully saturated rings. The Kier molecular flexibility index (Phi) is 13.1. The molecule has 1 amide bonds. The summed E-state index contributed by atoms with van der Waals surface area (Å²) in [6.07, 6.45) is -0.144. The minimum atomic E-state index is -4.45. The molecule has 3 aromatic carbocycles. The lowest BCUT2D eigenvalue weighted by molar-refractivity contribution is -0.137. The van der Waals surface area contributed by atoms with E-state index in [-0.39, 0.29) is 48.2 Å². The van der Waals surface area contributed by atoms with Crippen molar-refractivity contribution < 1.29 is 23.1 Å². The van der Waals surface area contributed by atoms with E-state index < -0.39 is 29.8 Å². The topological polar surface area (TPSA) is 96.2 Å². The second-order valence-electron chi connectivity index (χ2n) is 11.1. The molecule has 11 heteroatoms. The van der Waals surface area contributed by atoms with Crippen LogP contribution in [-0.2, 0) is 19.1 Å². The van der Waals surface area contributed by atoms with E-state index in [9.17, 15) is 27.9 Å². The van der Waals surface area contributed by atoms with Gasteiger partial charge in [0.25, 0.3) is 11.5 Å². The zero-order valence-corrected chi connectivity index (χ0v) is 26.2. The van der Waals surface area contributed by atoms with Crippen LogP contribution in [-0.4, -0.2) is 39.3 Å². The monoisotopic (exact) mass is 644 g/mol. The molecule has 0 aliphatic rings. The quantitative estimate of drug-likeness (QED) is 0.146. The maximum Gasteiger partial charge on any atom is 0.416 e. The van der Waals surface area contributed by atoms with Crippen LogP contribution < -0.4 is 16.2 Å². The highest BCUT2D eigenvalue weighted by Crippen LogP contribution is 2.29. The summed E-state index contributed by atoms with van der Waals surface area (Å²) in [4.78, 5) is 31.6. The van der Waals surface area contributed by atoms with Gasteiger partial charge in [0.15, 0.2) is 0 Å². The number of nitrogens with zero attached hydrogens (tertiary/aromatic N) is 2. The summed E-state index contributed by atoms with van der Waals surface area (Å²) in [6.45, 7) is 4.27. The van der Waals surface area contributed by atoms with E-state index in [1.165, 1.54) is 12.4 Å². The Bertz CT molecular complexity index is 1590. The minimum absolute atomic E-state index is 0. The highest BCUT2D eigenvalue weighted by molar-refractivity contribution is 6.05. The number of rotatable bonds is 14. The molecule has 4 rings (SSSR count). The van der Waals surface area contributed by atoms with Gasteiger partial charge in [0.05, 0.1) is 40.5 Å². The summed E-state index contributed by atoms with van der Waals surface area (Å²) < 4.78 is 41.0. The number of aromatic nitrogens is 2. The number of aliphatic hydroxyl groups is 1. The number of hydrogen-bond donors (Lipinski definition) is 3. The first-order valence-electron chi connectivity index (χ1n) is 15.0. The van der Waals surface area contributed by atoms with Crippen LogP contribution >= 0.6 is 12.4 Å². The van der Waals surface area contributed by atoms with Crippen molar-refractivity contribution in [3.05, 3.63) is 112 Å². The average Bonchev–Trinajstić information content (AvgIpc) is 3.01. The van der Waals surface area contributed by atoms with Crippen LogP contribution in [0, 0.1) is 0 Å². The summed E-state index contributed by atoms with van der Waals surface area (Å²) in [5.74, 6) is -0.489. The SMILES string of the molecule is CCCC(CCC)n1cnc2c(C(=O)N[C@@H](Cc3ccccc3)[C@@H](O)CNCc3cccc(C(F)(F)F)c3)cccc2c1=O.Cl. The molecule has 0 aliphatic carbocycles. The molecule has 0 radical (unpaired) electrons. The van der Waals surface area contributed by atoms with Crippen molar-refractivity contribution in [2.24, 2.45) is 0 Å². The molecule has 45 heavy (non-hydrogen) atoms. The Labute approximate surface area is 267 Å². The van der Waals surface area contributed by atoms with Crippen LogP contribution in [0.5, 0.6) is 0 Å². The minimum Gasteiger partial charge on any atom is -0.390 e. The number of para-hydroxylation sites is 1. The Balaban J connectivity index is 0.00000552. The van der Waals surface area contributed by atoms with Crippen LogP contribution in [0.3, 0.4) is 0 Å². The third-order valence-corrected chi connectivity index (χ3v) is 7.71. The van der Waals surface area contributed by atoms with Crippen molar-refractivity contribution in [2.45, 2.75) is 76.9 Å². The Morgan fingerprint density at radius 1 is 0.956 bits per heavy atom. The lowest BCUT2D eigenvalue weighted by atomic mass is 10.00. The molecule has 3 N–H and O–H groups in total. The first-order valence-corrected chi connectivity index (χ1v) is 15.0. The fourth-order valence-corrected chi connectivity index (χ4v) is 5.46. The predicted octanol–water partition coefficient (Wildman–Crippen LogP) is 6.47. The second-order valence-corrected chi connectivity index (χ2v) is 11.1. The van der Waals surface area contributed by atoms with Gasteiger partial charge in [-0.15, -0.1) is 12.4 Å². The number of carbonyl (C=O) groups is 1. The van der Waals surface area contributed by atoms with Gasteiger partial charge in [-0.25, -0.2) is 4.98 Å². The zero-order valence-electron chi connectivity index (χ0n) is 25.4. The first kappa shape index (κ1) is 35.7. The van der Waals surface area contributed by atoms with Gasteiger partial charge < -0.3 is 15.7 Å². The van der Waals surface area contributed by atoms with Gasteiger partial charge in [-0.2, -0.15) is 13.2 Å². The lowest BCUT2D eigenvalue weighted by Gasteiger charge is -2.25. The number of nitrogens with one attached hydrogen (secondary N) is 2. The first-order chi connectivity index (χ1) is 21.1. The molecular weight excluding hydrogens is 605 g/mol. The average molecular weight is 645 g/mol. The van der Waals surface area contributed by atoms with Crippen LogP contribution in [0.15, 0.2) is 83.9 Å². The normalized spacial score (nSPS) is 13.0. The van der Waals surface area contributed by atoms with Crippen molar-refractivity contribution in [2.75, 3.05) is 6.54 Å². The molecule has 0 spiro atoms. The number of carbonyl (C=O) groups excluding carboxylic acids is 1. The summed E-state index contributed by atoms with van der Waals surface area (Å²) in [5, 5.41) is 17.4. The number of aliphatic hydroxyl groups excluding tert-OH is 1. The maximum absolute atomic E-state index is 13.6. The van der Waals surface area contributed by atoms with E-state index >= 15 is 0 Å². The van der Waals surface area contributed by atoms with Crippen molar-refractivity contribution in [1.29, 1.82) is 0 Å². The highest BCUT2D eigenvalue weighted by Gasteiger charge is 2.30. The zero-order chi connectivity index (χ0) is 31.7. The van der Waals surface area contributed by atoms with Gasteiger partial charge in [0.2, 0.25) is 0 Å². The van der Waals surface area contributed by atoms with E-state index in [4.69, 9.17) is 0 Å². The fraction of sp³-hybridized carbons (Fsp3) is 0.382. The van der Waals surface area contributed by atoms with Crippen LogP contribution in [0.2, 0.25) is 0 Å². The molecule has 7 nitrogen and oxygen atoms in total. The van der Waals surface area contributed by atoms with E-state index in [0.29, 0.717) is 17.4 Å². The van der Waals surface area contributed by atoms with Gasteiger partial charge in [-0.1, -0.05) is 81.3 Å². The van der Waals surface area contributed by atoms with Crippen LogP contribution in [0.4, 0.5) is 13.2 Å². The summed E-state index contributed by atoms with van der Waals surface area (Å²) in [7, 11) is 0. The number of halogens is 4. The molecule has 0 saturated carbocycles. The summed E-state index contributed by atoms with van der Waals surface area (Å²) in [5.41, 5.74) is 0.865. The van der Waals surface area contributed by atoms with E-state index in [0.717, 1.165) is 43.4 Å².